The average molecular weight is 458 g/mol. The Kier molecular flexibility index (Phi) is 5.97. The van der Waals surface area contributed by atoms with Crippen LogP contribution in [0.4, 0.5) is 0 Å². The summed E-state index contributed by atoms with van der Waals surface area (Å²) in [6.07, 6.45) is 1.17. The third-order valence-electron chi connectivity index (χ3n) is 6.79. The second-order valence-corrected chi connectivity index (χ2v) is 15.9. The summed E-state index contributed by atoms with van der Waals surface area (Å²) >= 11 is 0. The van der Waals surface area contributed by atoms with Gasteiger partial charge in [-0.15, -0.1) is 0 Å². The molecule has 0 aliphatic carbocycles. The van der Waals surface area contributed by atoms with E-state index in [0.717, 1.165) is 21.2 Å². The smallest absolute Gasteiger partial charge is 0.208 e. The number of rotatable bonds is 4. The van der Waals surface area contributed by atoms with Crippen LogP contribution in [0.3, 0.4) is 0 Å². The van der Waals surface area contributed by atoms with Gasteiger partial charge in [0.05, 0.1) is 0 Å². The fourth-order valence-corrected chi connectivity index (χ4v) is 16.1. The Morgan fingerprint density at radius 3 is 0.844 bits per heavy atom. The van der Waals surface area contributed by atoms with Gasteiger partial charge in [0.2, 0.25) is 11.7 Å². The molecule has 5 rings (SSSR count). The highest BCUT2D eigenvalue weighted by molar-refractivity contribution is 7.96. The molecule has 1 heterocycles. The molecule has 0 saturated carbocycles. The molecule has 2 N–H and O–H groups in total. The van der Waals surface area contributed by atoms with Crippen molar-refractivity contribution >= 4 is 35.7 Å². The molecule has 2 nitrogen and oxygen atoms in total. The Hall–Kier alpha value is -2.34. The van der Waals surface area contributed by atoms with Crippen LogP contribution in [-0.4, -0.2) is 34.2 Å². The van der Waals surface area contributed by atoms with Gasteiger partial charge >= 0.3 is 0 Å². The molecule has 1 aliphatic heterocycles. The molecule has 0 radical (unpaired) electrons. The van der Waals surface area contributed by atoms with Crippen LogP contribution in [-0.2, 0) is 0 Å². The van der Waals surface area contributed by atoms with E-state index in [1.165, 1.54) is 0 Å². The molecule has 1 aliphatic rings. The van der Waals surface area contributed by atoms with Crippen molar-refractivity contribution in [3.8, 4) is 0 Å². The molecule has 4 aromatic rings. The van der Waals surface area contributed by atoms with Gasteiger partial charge < -0.3 is 10.2 Å². The molecule has 4 heteroatoms. The van der Waals surface area contributed by atoms with Gasteiger partial charge in [-0.1, -0.05) is 72.8 Å². The topological polar surface area (TPSA) is 40.5 Å². The summed E-state index contributed by atoms with van der Waals surface area (Å²) in [5.41, 5.74) is 0. The van der Waals surface area contributed by atoms with Crippen LogP contribution in [0, 0.1) is 0 Å². The van der Waals surface area contributed by atoms with Gasteiger partial charge in [0.25, 0.3) is 0 Å². The second-order valence-electron chi connectivity index (χ2n) is 8.41. The normalized spacial score (nSPS) is 21.7. The summed E-state index contributed by atoms with van der Waals surface area (Å²) in [6, 6.07) is 41.5. The highest BCUT2D eigenvalue weighted by atomic mass is 31.2. The molecule has 0 amide bonds. The fourth-order valence-electron chi connectivity index (χ4n) is 5.22. The van der Waals surface area contributed by atoms with Crippen molar-refractivity contribution < 1.29 is 10.2 Å². The van der Waals surface area contributed by atoms with Crippen molar-refractivity contribution in [1.82, 2.24) is 0 Å². The molecule has 0 aromatic heterocycles. The standard InChI is InChI=1S/C28H28O2P2/c29-27-22-32(25-17-9-3-10-18-25,26-19-11-4-12-20-26)28(30)21-31(27,23-13-5-1-6-14-23)24-15-7-2-8-16-24/h1-20,27-30H,21-22H2/q+2/t27-,28+. The molecule has 1 fully saturated rings. The molecule has 4 aromatic carbocycles. The molecule has 32 heavy (non-hydrogen) atoms. The van der Waals surface area contributed by atoms with Gasteiger partial charge in [-0.2, -0.15) is 0 Å². The van der Waals surface area contributed by atoms with E-state index in [2.05, 4.69) is 48.5 Å². The summed E-state index contributed by atoms with van der Waals surface area (Å²) < 4.78 is 0. The molecule has 0 bridgehead atoms. The summed E-state index contributed by atoms with van der Waals surface area (Å²) in [7, 11) is -4.46. The minimum Gasteiger partial charge on any atom is -0.356 e. The van der Waals surface area contributed by atoms with Crippen molar-refractivity contribution in [1.29, 1.82) is 0 Å². The number of hydrogen-bond acceptors (Lipinski definition) is 2. The average Bonchev–Trinajstić information content (AvgIpc) is 2.87. The third kappa shape index (κ3) is 3.43. The van der Waals surface area contributed by atoms with Gasteiger partial charge in [0.15, 0.2) is 0 Å². The van der Waals surface area contributed by atoms with E-state index >= 15 is 0 Å². The Bertz CT molecular complexity index is 977. The monoisotopic (exact) mass is 458 g/mol. The number of benzene rings is 4. The predicted octanol–water partition coefficient (Wildman–Crippen LogP) is 3.97. The zero-order valence-corrected chi connectivity index (χ0v) is 19.7. The Labute approximate surface area is 191 Å². The zero-order valence-electron chi connectivity index (χ0n) is 17.9. The molecule has 2 atom stereocenters. The Balaban J connectivity index is 1.71. The van der Waals surface area contributed by atoms with Crippen LogP contribution in [0.5, 0.6) is 0 Å². The minimum atomic E-state index is -2.23. The SMILES string of the molecule is O[C@@H]1C[P+](c2ccccc2)(c2ccccc2)[C@@H](O)C[P+]1(c1ccccc1)c1ccccc1. The van der Waals surface area contributed by atoms with Gasteiger partial charge in [-0.25, -0.2) is 0 Å². The molecule has 1 saturated heterocycles. The summed E-state index contributed by atoms with van der Waals surface area (Å²) in [5, 5.41) is 28.8. The van der Waals surface area contributed by atoms with Crippen LogP contribution < -0.4 is 21.2 Å². The van der Waals surface area contributed by atoms with Crippen molar-refractivity contribution in [2.24, 2.45) is 0 Å². The highest BCUT2D eigenvalue weighted by Crippen LogP contribution is 2.75. The maximum Gasteiger partial charge on any atom is 0.208 e. The van der Waals surface area contributed by atoms with Gasteiger partial charge in [-0.3, -0.25) is 0 Å². The van der Waals surface area contributed by atoms with Crippen molar-refractivity contribution in [3.05, 3.63) is 121 Å². The summed E-state index contributed by atoms with van der Waals surface area (Å²) in [5.74, 6) is -1.05. The third-order valence-corrected chi connectivity index (χ3v) is 16.5. The minimum absolute atomic E-state index is 0.524. The summed E-state index contributed by atoms with van der Waals surface area (Å²) in [4.78, 5) is 0. The Morgan fingerprint density at radius 2 is 0.625 bits per heavy atom. The zero-order chi connectivity index (χ0) is 22.0. The van der Waals surface area contributed by atoms with Crippen molar-refractivity contribution in [2.45, 2.75) is 11.7 Å². The van der Waals surface area contributed by atoms with E-state index in [0.29, 0.717) is 12.3 Å². The second kappa shape index (κ2) is 8.89. The maximum absolute atomic E-state index is 12.1. The number of aliphatic hydroxyl groups is 2. The fraction of sp³-hybridized carbons (Fsp3) is 0.143. The predicted molar refractivity (Wildman–Crippen MR) is 140 cm³/mol. The molecule has 160 valence electrons. The van der Waals surface area contributed by atoms with Gasteiger partial charge in [-0.05, 0) is 48.5 Å². The quantitative estimate of drug-likeness (QED) is 0.455. The molecular weight excluding hydrogens is 430 g/mol. The number of hydrogen-bond donors (Lipinski definition) is 2. The van der Waals surface area contributed by atoms with E-state index in [1.54, 1.807) is 0 Å². The first-order chi connectivity index (χ1) is 15.7. The first-order valence-corrected chi connectivity index (χ1v) is 15.1. The van der Waals surface area contributed by atoms with E-state index in [4.69, 9.17) is 0 Å². The van der Waals surface area contributed by atoms with E-state index in [1.807, 2.05) is 72.8 Å². The lowest BCUT2D eigenvalue weighted by Crippen LogP contribution is -2.49. The van der Waals surface area contributed by atoms with Crippen LogP contribution >= 0.6 is 14.5 Å². The summed E-state index contributed by atoms with van der Waals surface area (Å²) in [6.45, 7) is 0. The largest absolute Gasteiger partial charge is 0.356 e. The van der Waals surface area contributed by atoms with E-state index in [-0.39, 0.29) is 0 Å². The van der Waals surface area contributed by atoms with E-state index < -0.39 is 26.2 Å². The van der Waals surface area contributed by atoms with Crippen molar-refractivity contribution in [3.63, 3.8) is 0 Å². The first kappa shape index (κ1) is 21.5. The van der Waals surface area contributed by atoms with Crippen LogP contribution in [0.2, 0.25) is 0 Å². The Morgan fingerprint density at radius 1 is 0.406 bits per heavy atom. The van der Waals surface area contributed by atoms with Crippen LogP contribution in [0.1, 0.15) is 0 Å². The molecule has 0 unspecified atom stereocenters. The van der Waals surface area contributed by atoms with E-state index in [9.17, 15) is 10.2 Å². The van der Waals surface area contributed by atoms with Gasteiger partial charge in [0.1, 0.15) is 48.1 Å². The number of aliphatic hydroxyl groups excluding tert-OH is 2. The highest BCUT2D eigenvalue weighted by Gasteiger charge is 2.67. The maximum atomic E-state index is 12.1. The van der Waals surface area contributed by atoms with Crippen LogP contribution in [0.15, 0.2) is 121 Å². The first-order valence-electron chi connectivity index (χ1n) is 11.0. The molecule has 0 spiro atoms. The van der Waals surface area contributed by atoms with Gasteiger partial charge in [0, 0.05) is 0 Å². The van der Waals surface area contributed by atoms with Crippen molar-refractivity contribution in [2.75, 3.05) is 12.3 Å². The lowest BCUT2D eigenvalue weighted by Gasteiger charge is -2.43. The van der Waals surface area contributed by atoms with Crippen LogP contribution in [0.25, 0.3) is 0 Å². The lowest BCUT2D eigenvalue weighted by molar-refractivity contribution is 0.249. The lowest BCUT2D eigenvalue weighted by atomic mass is 10.4. The molecular formula is C28H28O2P2+2.